The molecule has 0 saturated carbocycles. The molecule has 2 N–H and O–H groups in total. The van der Waals surface area contributed by atoms with E-state index in [2.05, 4.69) is 4.99 Å². The lowest BCUT2D eigenvalue weighted by molar-refractivity contribution is 0.333. The van der Waals surface area contributed by atoms with Crippen molar-refractivity contribution in [1.29, 1.82) is 0 Å². The average Bonchev–Trinajstić information content (AvgIpc) is 2.62. The molecule has 1 aliphatic heterocycles. The molecule has 1 aliphatic rings. The second kappa shape index (κ2) is 3.81. The van der Waals surface area contributed by atoms with E-state index in [9.17, 15) is 0 Å². The van der Waals surface area contributed by atoms with E-state index in [0.29, 0.717) is 12.6 Å². The molecule has 1 unspecified atom stereocenters. The Morgan fingerprint density at radius 3 is 2.93 bits per heavy atom. The summed E-state index contributed by atoms with van der Waals surface area (Å²) in [5.41, 5.74) is 6.89. The van der Waals surface area contributed by atoms with Crippen LogP contribution in [0.3, 0.4) is 0 Å². The number of nitrogens with two attached hydrogens (primary N) is 1. The highest BCUT2D eigenvalue weighted by atomic mass is 16.5. The Hall–Kier alpha value is -1.71. The molecular formula is C11H15N3O. The van der Waals surface area contributed by atoms with Crippen LogP contribution in [0.25, 0.3) is 0 Å². The molecule has 1 aromatic rings. The molecule has 1 atom stereocenters. The van der Waals surface area contributed by atoms with Crippen molar-refractivity contribution in [2.75, 3.05) is 20.7 Å². The Kier molecular flexibility index (Phi) is 2.49. The van der Waals surface area contributed by atoms with Crippen LogP contribution in [-0.2, 0) is 0 Å². The number of aliphatic imine (C=N–C) groups is 1. The van der Waals surface area contributed by atoms with Crippen LogP contribution in [0.4, 0.5) is 0 Å². The number of hydrogen-bond acceptors (Lipinski definition) is 2. The summed E-state index contributed by atoms with van der Waals surface area (Å²) in [4.78, 5) is 6.20. The van der Waals surface area contributed by atoms with Gasteiger partial charge in [-0.1, -0.05) is 18.2 Å². The van der Waals surface area contributed by atoms with Crippen LogP contribution in [0.5, 0.6) is 5.75 Å². The number of para-hydroxylation sites is 1. The van der Waals surface area contributed by atoms with Gasteiger partial charge in [0.2, 0.25) is 0 Å². The number of rotatable bonds is 1. The summed E-state index contributed by atoms with van der Waals surface area (Å²) < 4.78 is 5.51. The van der Waals surface area contributed by atoms with E-state index >= 15 is 0 Å². The topological polar surface area (TPSA) is 50.8 Å². The van der Waals surface area contributed by atoms with Crippen molar-refractivity contribution in [1.82, 2.24) is 4.90 Å². The molecule has 2 rings (SSSR count). The molecule has 0 bridgehead atoms. The van der Waals surface area contributed by atoms with Crippen LogP contribution < -0.4 is 10.5 Å². The van der Waals surface area contributed by atoms with Gasteiger partial charge in [0.05, 0.1) is 0 Å². The van der Waals surface area contributed by atoms with Crippen molar-refractivity contribution in [3.05, 3.63) is 29.8 Å². The molecule has 1 aromatic carbocycles. The van der Waals surface area contributed by atoms with E-state index in [1.54, 1.807) is 4.90 Å². The molecule has 0 saturated heterocycles. The lowest BCUT2D eigenvalue weighted by atomic mass is 10.1. The Balaban J connectivity index is 2.25. The normalized spacial score (nSPS) is 19.6. The Bertz CT molecular complexity index is 387. The van der Waals surface area contributed by atoms with Gasteiger partial charge >= 0.3 is 0 Å². The van der Waals surface area contributed by atoms with E-state index in [1.165, 1.54) is 0 Å². The van der Waals surface area contributed by atoms with Gasteiger partial charge < -0.3 is 15.4 Å². The standard InChI is InChI=1S/C11H15N3O/c1-14(2)11(12)13-9-7-15-10-6-4-3-5-8(9)10/h3-6,9H,7H2,1-2H3,(H2,12,13). The first-order valence-corrected chi connectivity index (χ1v) is 4.91. The number of nitrogens with zero attached hydrogens (tertiary/aromatic N) is 2. The first-order chi connectivity index (χ1) is 7.18. The van der Waals surface area contributed by atoms with Crippen molar-refractivity contribution < 1.29 is 4.74 Å². The van der Waals surface area contributed by atoms with Crippen LogP contribution in [0.1, 0.15) is 11.6 Å². The fourth-order valence-electron chi connectivity index (χ4n) is 1.53. The summed E-state index contributed by atoms with van der Waals surface area (Å²) in [7, 11) is 3.75. The van der Waals surface area contributed by atoms with Gasteiger partial charge in [-0.25, -0.2) is 4.99 Å². The maximum atomic E-state index is 5.77. The molecule has 0 fully saturated rings. The van der Waals surface area contributed by atoms with E-state index in [4.69, 9.17) is 10.5 Å². The lowest BCUT2D eigenvalue weighted by Crippen LogP contribution is -2.31. The summed E-state index contributed by atoms with van der Waals surface area (Å²) in [6, 6.07) is 7.96. The zero-order valence-corrected chi connectivity index (χ0v) is 8.97. The van der Waals surface area contributed by atoms with Crippen molar-refractivity contribution >= 4 is 5.96 Å². The van der Waals surface area contributed by atoms with Gasteiger partial charge in [-0.3, -0.25) is 0 Å². The fourth-order valence-corrected chi connectivity index (χ4v) is 1.53. The second-order valence-corrected chi connectivity index (χ2v) is 3.75. The van der Waals surface area contributed by atoms with Crippen LogP contribution in [-0.4, -0.2) is 31.6 Å². The van der Waals surface area contributed by atoms with Crippen molar-refractivity contribution in [2.45, 2.75) is 6.04 Å². The van der Waals surface area contributed by atoms with E-state index < -0.39 is 0 Å². The monoisotopic (exact) mass is 205 g/mol. The molecule has 4 heteroatoms. The van der Waals surface area contributed by atoms with Crippen LogP contribution in [0.15, 0.2) is 29.3 Å². The number of guanidine groups is 1. The molecule has 0 amide bonds. The maximum absolute atomic E-state index is 5.77. The third kappa shape index (κ3) is 1.88. The van der Waals surface area contributed by atoms with Crippen LogP contribution in [0.2, 0.25) is 0 Å². The Labute approximate surface area is 89.4 Å². The van der Waals surface area contributed by atoms with Crippen molar-refractivity contribution in [3.63, 3.8) is 0 Å². The van der Waals surface area contributed by atoms with E-state index in [-0.39, 0.29) is 6.04 Å². The summed E-state index contributed by atoms with van der Waals surface area (Å²) in [6.45, 7) is 0.577. The number of fused-ring (bicyclic) bond motifs is 1. The first kappa shape index (κ1) is 9.83. The molecule has 0 radical (unpaired) electrons. The van der Waals surface area contributed by atoms with E-state index in [0.717, 1.165) is 11.3 Å². The molecule has 0 aliphatic carbocycles. The first-order valence-electron chi connectivity index (χ1n) is 4.91. The molecule has 4 nitrogen and oxygen atoms in total. The largest absolute Gasteiger partial charge is 0.491 e. The summed E-state index contributed by atoms with van der Waals surface area (Å²) in [6.07, 6.45) is 0. The minimum Gasteiger partial charge on any atom is -0.491 e. The molecule has 0 aromatic heterocycles. The lowest BCUT2D eigenvalue weighted by Gasteiger charge is -2.12. The van der Waals surface area contributed by atoms with Gasteiger partial charge in [0.1, 0.15) is 18.4 Å². The molecule has 0 spiro atoms. The van der Waals surface area contributed by atoms with Gasteiger partial charge in [-0.2, -0.15) is 0 Å². The highest BCUT2D eigenvalue weighted by molar-refractivity contribution is 5.77. The SMILES string of the molecule is CN(C)C(N)=NC1COc2ccccc21. The van der Waals surface area contributed by atoms with Gasteiger partial charge in [-0.05, 0) is 6.07 Å². The van der Waals surface area contributed by atoms with Gasteiger partial charge in [0, 0.05) is 19.7 Å². The van der Waals surface area contributed by atoms with Gasteiger partial charge in [-0.15, -0.1) is 0 Å². The third-order valence-corrected chi connectivity index (χ3v) is 2.42. The van der Waals surface area contributed by atoms with Gasteiger partial charge in [0.25, 0.3) is 0 Å². The highest BCUT2D eigenvalue weighted by Gasteiger charge is 2.23. The predicted octanol–water partition coefficient (Wildman–Crippen LogP) is 0.996. The number of benzene rings is 1. The van der Waals surface area contributed by atoms with Crippen molar-refractivity contribution in [3.8, 4) is 5.75 Å². The van der Waals surface area contributed by atoms with Crippen molar-refractivity contribution in [2.24, 2.45) is 10.7 Å². The summed E-state index contributed by atoms with van der Waals surface area (Å²) >= 11 is 0. The molecule has 15 heavy (non-hydrogen) atoms. The fraction of sp³-hybridized carbons (Fsp3) is 0.364. The Morgan fingerprint density at radius 2 is 2.20 bits per heavy atom. The smallest absolute Gasteiger partial charge is 0.191 e. The molecule has 1 heterocycles. The molecule has 80 valence electrons. The zero-order chi connectivity index (χ0) is 10.8. The minimum atomic E-state index is 0.0311. The quantitative estimate of drug-likeness (QED) is 0.549. The Morgan fingerprint density at radius 1 is 1.47 bits per heavy atom. The third-order valence-electron chi connectivity index (χ3n) is 2.42. The van der Waals surface area contributed by atoms with Crippen LogP contribution in [0, 0.1) is 0 Å². The summed E-state index contributed by atoms with van der Waals surface area (Å²) in [5, 5.41) is 0. The minimum absolute atomic E-state index is 0.0311. The average molecular weight is 205 g/mol. The molecular weight excluding hydrogens is 190 g/mol. The van der Waals surface area contributed by atoms with Crippen LogP contribution >= 0.6 is 0 Å². The zero-order valence-electron chi connectivity index (χ0n) is 8.97. The number of hydrogen-bond donors (Lipinski definition) is 1. The maximum Gasteiger partial charge on any atom is 0.191 e. The number of ether oxygens (including phenoxy) is 1. The van der Waals surface area contributed by atoms with Gasteiger partial charge in [0.15, 0.2) is 5.96 Å². The van der Waals surface area contributed by atoms with E-state index in [1.807, 2.05) is 38.4 Å². The summed E-state index contributed by atoms with van der Waals surface area (Å²) in [5.74, 6) is 1.44. The second-order valence-electron chi connectivity index (χ2n) is 3.75. The predicted molar refractivity (Wildman–Crippen MR) is 60.0 cm³/mol. The highest BCUT2D eigenvalue weighted by Crippen LogP contribution is 2.34.